The Labute approximate surface area is 163 Å². The minimum absolute atomic E-state index is 0.0203. The lowest BCUT2D eigenvalue weighted by Gasteiger charge is -2.38. The number of carbonyl (C=O) groups excluding carboxylic acids is 1. The van der Waals surface area contributed by atoms with Crippen LogP contribution in [-0.4, -0.2) is 12.1 Å². The van der Waals surface area contributed by atoms with Crippen molar-refractivity contribution in [3.63, 3.8) is 0 Å². The van der Waals surface area contributed by atoms with Crippen molar-refractivity contribution in [1.82, 2.24) is 0 Å². The van der Waals surface area contributed by atoms with E-state index in [-0.39, 0.29) is 22.5 Å². The summed E-state index contributed by atoms with van der Waals surface area (Å²) in [6.07, 6.45) is 2.95. The number of benzene rings is 2. The lowest BCUT2D eigenvalue weighted by molar-refractivity contribution is -0.0245. The van der Waals surface area contributed by atoms with E-state index in [0.29, 0.717) is 11.5 Å². The van der Waals surface area contributed by atoms with Gasteiger partial charge in [-0.05, 0) is 53.5 Å². The summed E-state index contributed by atoms with van der Waals surface area (Å²) in [5.41, 5.74) is -0.0825. The average molecular weight is 376 g/mol. The first-order valence-electron chi connectivity index (χ1n) is 9.98. The zero-order valence-electron chi connectivity index (χ0n) is 16.5. The van der Waals surface area contributed by atoms with E-state index in [9.17, 15) is 9.59 Å². The SMILES string of the molecule is CC1(C)C2CCC1(C)C(OC(=O)c1cc3c(ccc4ccccc43)oc1=O)C2. The standard InChI is InChI=1S/C24H24O4/c1-23(2)15-10-11-24(23,3)20(12-15)28-22(26)18-13-17-16-7-5-4-6-14(16)8-9-19(17)27-21(18)25/h4-9,13,15,20H,10-12H2,1-3H3. The lowest BCUT2D eigenvalue weighted by atomic mass is 9.70. The van der Waals surface area contributed by atoms with Gasteiger partial charge in [0.05, 0.1) is 0 Å². The number of hydrogen-bond acceptors (Lipinski definition) is 4. The molecule has 4 heteroatoms. The van der Waals surface area contributed by atoms with Gasteiger partial charge in [-0.15, -0.1) is 0 Å². The van der Waals surface area contributed by atoms with Gasteiger partial charge in [-0.2, -0.15) is 0 Å². The van der Waals surface area contributed by atoms with Crippen molar-refractivity contribution in [3.05, 3.63) is 58.4 Å². The largest absolute Gasteiger partial charge is 0.458 e. The van der Waals surface area contributed by atoms with Crippen LogP contribution in [0.2, 0.25) is 0 Å². The quantitative estimate of drug-likeness (QED) is 0.345. The molecule has 2 aliphatic rings. The van der Waals surface area contributed by atoms with Crippen LogP contribution in [-0.2, 0) is 4.74 Å². The highest BCUT2D eigenvalue weighted by Crippen LogP contribution is 2.66. The fourth-order valence-electron chi connectivity index (χ4n) is 5.52. The van der Waals surface area contributed by atoms with Crippen LogP contribution in [0, 0.1) is 16.7 Å². The molecule has 0 amide bonds. The molecule has 2 aromatic carbocycles. The van der Waals surface area contributed by atoms with E-state index in [1.165, 1.54) is 6.42 Å². The van der Waals surface area contributed by atoms with Crippen LogP contribution in [0.15, 0.2) is 51.7 Å². The highest BCUT2D eigenvalue weighted by molar-refractivity contribution is 6.07. The molecule has 0 aliphatic heterocycles. The number of rotatable bonds is 2. The predicted octanol–water partition coefficient (Wildman–Crippen LogP) is 5.32. The van der Waals surface area contributed by atoms with Crippen LogP contribution in [0.5, 0.6) is 0 Å². The van der Waals surface area contributed by atoms with Crippen molar-refractivity contribution in [2.24, 2.45) is 16.7 Å². The Morgan fingerprint density at radius 1 is 1.11 bits per heavy atom. The zero-order valence-corrected chi connectivity index (χ0v) is 16.5. The van der Waals surface area contributed by atoms with Crippen molar-refractivity contribution in [2.75, 3.05) is 0 Å². The number of hydrogen-bond donors (Lipinski definition) is 0. The zero-order chi connectivity index (χ0) is 19.7. The highest BCUT2D eigenvalue weighted by atomic mass is 16.5. The summed E-state index contributed by atoms with van der Waals surface area (Å²) < 4.78 is 11.4. The Kier molecular flexibility index (Phi) is 3.55. The second kappa shape index (κ2) is 5.69. The molecule has 5 rings (SSSR count). The summed E-state index contributed by atoms with van der Waals surface area (Å²) in [6.45, 7) is 6.76. The number of ether oxygens (including phenoxy) is 1. The van der Waals surface area contributed by atoms with Gasteiger partial charge < -0.3 is 9.15 Å². The van der Waals surface area contributed by atoms with Crippen molar-refractivity contribution in [3.8, 4) is 0 Å². The lowest BCUT2D eigenvalue weighted by Crippen LogP contribution is -2.38. The van der Waals surface area contributed by atoms with Crippen LogP contribution < -0.4 is 5.63 Å². The molecule has 1 heterocycles. The summed E-state index contributed by atoms with van der Waals surface area (Å²) in [4.78, 5) is 25.4. The van der Waals surface area contributed by atoms with Crippen molar-refractivity contribution >= 4 is 27.7 Å². The molecule has 0 radical (unpaired) electrons. The van der Waals surface area contributed by atoms with Gasteiger partial charge >= 0.3 is 11.6 Å². The summed E-state index contributed by atoms with van der Waals surface area (Å²) in [7, 11) is 0. The molecule has 3 unspecified atom stereocenters. The molecule has 144 valence electrons. The normalized spacial score (nSPS) is 28.1. The molecule has 1 aromatic heterocycles. The van der Waals surface area contributed by atoms with E-state index >= 15 is 0 Å². The van der Waals surface area contributed by atoms with Crippen molar-refractivity contribution in [1.29, 1.82) is 0 Å². The van der Waals surface area contributed by atoms with E-state index in [1.54, 1.807) is 12.1 Å². The maximum atomic E-state index is 12.9. The summed E-state index contributed by atoms with van der Waals surface area (Å²) in [5.74, 6) is -0.00887. The van der Waals surface area contributed by atoms with Crippen LogP contribution >= 0.6 is 0 Å². The fourth-order valence-corrected chi connectivity index (χ4v) is 5.52. The van der Waals surface area contributed by atoms with Crippen LogP contribution in [0.3, 0.4) is 0 Å². The highest BCUT2D eigenvalue weighted by Gasteiger charge is 2.62. The summed E-state index contributed by atoms with van der Waals surface area (Å²) >= 11 is 0. The predicted molar refractivity (Wildman–Crippen MR) is 108 cm³/mol. The topological polar surface area (TPSA) is 56.5 Å². The first kappa shape index (κ1) is 17.5. The third kappa shape index (κ3) is 2.24. The van der Waals surface area contributed by atoms with Crippen molar-refractivity contribution in [2.45, 2.75) is 46.1 Å². The molecule has 2 saturated carbocycles. The summed E-state index contributed by atoms with van der Waals surface area (Å²) in [6, 6.07) is 13.2. The van der Waals surface area contributed by atoms with Crippen LogP contribution in [0.1, 0.15) is 50.4 Å². The van der Waals surface area contributed by atoms with Gasteiger partial charge in [0, 0.05) is 10.8 Å². The monoisotopic (exact) mass is 376 g/mol. The molecule has 0 spiro atoms. The Morgan fingerprint density at radius 2 is 1.89 bits per heavy atom. The molecule has 4 nitrogen and oxygen atoms in total. The number of carbonyl (C=O) groups is 1. The minimum atomic E-state index is -0.639. The smallest absolute Gasteiger partial charge is 0.351 e. The van der Waals surface area contributed by atoms with E-state index in [4.69, 9.17) is 9.15 Å². The van der Waals surface area contributed by atoms with Gasteiger partial charge in [-0.3, -0.25) is 0 Å². The average Bonchev–Trinajstić information content (AvgIpc) is 3.00. The Balaban J connectivity index is 1.54. The van der Waals surface area contributed by atoms with E-state index in [0.717, 1.165) is 29.0 Å². The molecular formula is C24H24O4. The fraction of sp³-hybridized carbons (Fsp3) is 0.417. The van der Waals surface area contributed by atoms with Gasteiger partial charge in [0.15, 0.2) is 0 Å². The summed E-state index contributed by atoms with van der Waals surface area (Å²) in [5, 5.41) is 2.74. The molecule has 0 N–H and O–H groups in total. The Hall–Kier alpha value is -2.62. The van der Waals surface area contributed by atoms with E-state index in [1.807, 2.05) is 30.3 Å². The third-order valence-corrected chi connectivity index (χ3v) is 7.83. The maximum absolute atomic E-state index is 12.9. The number of fused-ring (bicyclic) bond motifs is 5. The minimum Gasteiger partial charge on any atom is -0.458 e. The first-order valence-corrected chi connectivity index (χ1v) is 9.98. The first-order chi connectivity index (χ1) is 13.3. The van der Waals surface area contributed by atoms with Gasteiger partial charge in [-0.25, -0.2) is 9.59 Å². The molecule has 0 saturated heterocycles. The van der Waals surface area contributed by atoms with Crippen molar-refractivity contribution < 1.29 is 13.9 Å². The number of esters is 1. The molecular weight excluding hydrogens is 352 g/mol. The Morgan fingerprint density at radius 3 is 2.61 bits per heavy atom. The molecule has 2 fully saturated rings. The second-order valence-electron chi connectivity index (χ2n) is 9.15. The Bertz CT molecular complexity index is 1170. The molecule has 28 heavy (non-hydrogen) atoms. The second-order valence-corrected chi connectivity index (χ2v) is 9.15. The van der Waals surface area contributed by atoms with Gasteiger partial charge in [0.2, 0.25) is 0 Å². The van der Waals surface area contributed by atoms with E-state index < -0.39 is 11.6 Å². The molecule has 3 atom stereocenters. The van der Waals surface area contributed by atoms with Gasteiger partial charge in [-0.1, -0.05) is 51.1 Å². The molecule has 2 bridgehead atoms. The molecule has 2 aliphatic carbocycles. The third-order valence-electron chi connectivity index (χ3n) is 7.83. The van der Waals surface area contributed by atoms with Gasteiger partial charge in [0.25, 0.3) is 0 Å². The maximum Gasteiger partial charge on any atom is 0.351 e. The van der Waals surface area contributed by atoms with E-state index in [2.05, 4.69) is 20.8 Å². The van der Waals surface area contributed by atoms with Crippen LogP contribution in [0.4, 0.5) is 0 Å². The van der Waals surface area contributed by atoms with Crippen LogP contribution in [0.25, 0.3) is 21.7 Å². The van der Waals surface area contributed by atoms with Gasteiger partial charge in [0.1, 0.15) is 17.3 Å². The molecule has 3 aromatic rings.